The Morgan fingerprint density at radius 1 is 1.15 bits per heavy atom. The summed E-state index contributed by atoms with van der Waals surface area (Å²) in [5, 5.41) is 2.49. The van der Waals surface area contributed by atoms with Crippen molar-refractivity contribution in [2.45, 2.75) is 50.7 Å². The van der Waals surface area contributed by atoms with Crippen LogP contribution in [0.2, 0.25) is 0 Å². The number of carbonyl (C=O) groups excluding carboxylic acids is 2. The molecule has 1 atom stereocenters. The van der Waals surface area contributed by atoms with Gasteiger partial charge in [-0.25, -0.2) is 9.97 Å². The molecule has 0 spiro atoms. The number of ether oxygens (including phenoxy) is 1. The predicted molar refractivity (Wildman–Crippen MR) is 110 cm³/mol. The highest BCUT2D eigenvalue weighted by atomic mass is 19.4. The monoisotopic (exact) mass is 466 g/mol. The highest BCUT2D eigenvalue weighted by Gasteiger charge is 2.44. The first-order valence-corrected chi connectivity index (χ1v) is 11.0. The second-order valence-electron chi connectivity index (χ2n) is 8.37. The van der Waals surface area contributed by atoms with Crippen molar-refractivity contribution >= 4 is 17.8 Å². The molecule has 2 aliphatic rings. The molecule has 2 aromatic rings. The number of likely N-dealkylation sites (tertiary alicyclic amines) is 1. The SMILES string of the molecule is O=C(Nc1ncco1)c1ncccc1OC[C@H]1CCCN1C(=O)[C@H]1CC[C@@H](C(F)(F)F)CC1. The standard InChI is InChI=1S/C22H25F3N4O4/c23-22(24,25)15-7-5-14(6-8-15)20(31)29-11-2-3-16(29)13-33-17-4-1-9-26-18(17)19(30)28-21-27-10-12-32-21/h1,4,9-10,12,14-16H,2-3,5-8,11,13H2,(H,27,28,30)/t14-,15+,16-/m1/s1. The predicted octanol–water partition coefficient (Wildman–Crippen LogP) is 4.06. The molecular weight excluding hydrogens is 441 g/mol. The van der Waals surface area contributed by atoms with Gasteiger partial charge in [0.25, 0.3) is 5.91 Å². The van der Waals surface area contributed by atoms with Crippen LogP contribution in [0.1, 0.15) is 49.0 Å². The van der Waals surface area contributed by atoms with Crippen molar-refractivity contribution in [3.05, 3.63) is 36.5 Å². The molecule has 1 aliphatic carbocycles. The zero-order chi connectivity index (χ0) is 23.4. The van der Waals surface area contributed by atoms with Gasteiger partial charge < -0.3 is 14.1 Å². The molecule has 1 saturated carbocycles. The minimum atomic E-state index is -4.20. The van der Waals surface area contributed by atoms with E-state index in [0.717, 1.165) is 12.8 Å². The second kappa shape index (κ2) is 9.80. The summed E-state index contributed by atoms with van der Waals surface area (Å²) in [5.74, 6) is -2.09. The van der Waals surface area contributed by atoms with Crippen LogP contribution in [0.4, 0.5) is 19.2 Å². The number of alkyl halides is 3. The van der Waals surface area contributed by atoms with Gasteiger partial charge in [0.1, 0.15) is 12.9 Å². The number of hydrogen-bond acceptors (Lipinski definition) is 6. The fraction of sp³-hybridized carbons (Fsp3) is 0.545. The van der Waals surface area contributed by atoms with Crippen LogP contribution in [-0.2, 0) is 4.79 Å². The van der Waals surface area contributed by atoms with E-state index in [1.54, 1.807) is 17.0 Å². The molecule has 3 heterocycles. The van der Waals surface area contributed by atoms with Crippen molar-refractivity contribution in [1.82, 2.24) is 14.9 Å². The first-order valence-electron chi connectivity index (χ1n) is 11.0. The number of amides is 2. The van der Waals surface area contributed by atoms with Gasteiger partial charge >= 0.3 is 12.2 Å². The average Bonchev–Trinajstić information content (AvgIpc) is 3.49. The zero-order valence-corrected chi connectivity index (χ0v) is 17.9. The van der Waals surface area contributed by atoms with Crippen LogP contribution in [0, 0.1) is 11.8 Å². The molecule has 1 saturated heterocycles. The highest BCUT2D eigenvalue weighted by molar-refractivity contribution is 6.03. The van der Waals surface area contributed by atoms with Crippen LogP contribution in [0.25, 0.3) is 0 Å². The minimum absolute atomic E-state index is 0.00635. The van der Waals surface area contributed by atoms with E-state index in [-0.39, 0.29) is 67.6 Å². The quantitative estimate of drug-likeness (QED) is 0.690. The summed E-state index contributed by atoms with van der Waals surface area (Å²) in [6.07, 6.45) is 1.99. The van der Waals surface area contributed by atoms with E-state index in [2.05, 4.69) is 15.3 Å². The Morgan fingerprint density at radius 2 is 1.94 bits per heavy atom. The first-order chi connectivity index (χ1) is 15.8. The normalized spacial score (nSPS) is 23.4. The molecular formula is C22H25F3N4O4. The number of rotatable bonds is 6. The Bertz CT molecular complexity index is 959. The molecule has 0 bridgehead atoms. The molecule has 2 fully saturated rings. The van der Waals surface area contributed by atoms with Crippen molar-refractivity contribution in [1.29, 1.82) is 0 Å². The molecule has 0 unspecified atom stereocenters. The minimum Gasteiger partial charge on any atom is -0.489 e. The number of halogens is 3. The third kappa shape index (κ3) is 5.45. The summed E-state index contributed by atoms with van der Waals surface area (Å²) >= 11 is 0. The van der Waals surface area contributed by atoms with Crippen molar-refractivity contribution < 1.29 is 31.9 Å². The van der Waals surface area contributed by atoms with Crippen LogP contribution in [0.15, 0.2) is 35.2 Å². The summed E-state index contributed by atoms with van der Waals surface area (Å²) in [7, 11) is 0. The van der Waals surface area contributed by atoms with E-state index in [1.807, 2.05) is 0 Å². The lowest BCUT2D eigenvalue weighted by Crippen LogP contribution is -2.44. The number of nitrogens with one attached hydrogen (secondary N) is 1. The topological polar surface area (TPSA) is 97.6 Å². The van der Waals surface area contributed by atoms with Gasteiger partial charge in [-0.3, -0.25) is 14.9 Å². The fourth-order valence-electron chi connectivity index (χ4n) is 4.51. The highest BCUT2D eigenvalue weighted by Crippen LogP contribution is 2.40. The fourth-order valence-corrected chi connectivity index (χ4v) is 4.51. The number of carbonyl (C=O) groups is 2. The second-order valence-corrected chi connectivity index (χ2v) is 8.37. The lowest BCUT2D eigenvalue weighted by molar-refractivity contribution is -0.185. The molecule has 0 radical (unpaired) electrons. The third-order valence-electron chi connectivity index (χ3n) is 6.27. The molecule has 8 nitrogen and oxygen atoms in total. The van der Waals surface area contributed by atoms with Gasteiger partial charge in [0.2, 0.25) is 5.91 Å². The molecule has 1 aliphatic heterocycles. The number of nitrogens with zero attached hydrogens (tertiary/aromatic N) is 3. The summed E-state index contributed by atoms with van der Waals surface area (Å²) in [6.45, 7) is 0.714. The van der Waals surface area contributed by atoms with E-state index in [1.165, 1.54) is 18.7 Å². The van der Waals surface area contributed by atoms with E-state index >= 15 is 0 Å². The summed E-state index contributed by atoms with van der Waals surface area (Å²) in [5.41, 5.74) is 0.0528. The van der Waals surface area contributed by atoms with Gasteiger partial charge in [-0.05, 0) is 50.7 Å². The number of pyridine rings is 1. The Hall–Kier alpha value is -3.11. The zero-order valence-electron chi connectivity index (χ0n) is 17.9. The van der Waals surface area contributed by atoms with Gasteiger partial charge in [-0.1, -0.05) is 0 Å². The van der Waals surface area contributed by atoms with Gasteiger partial charge in [0.05, 0.1) is 18.2 Å². The van der Waals surface area contributed by atoms with E-state index < -0.39 is 18.0 Å². The van der Waals surface area contributed by atoms with Gasteiger partial charge in [0, 0.05) is 18.7 Å². The van der Waals surface area contributed by atoms with Gasteiger partial charge in [-0.2, -0.15) is 13.2 Å². The van der Waals surface area contributed by atoms with Crippen molar-refractivity contribution in [2.24, 2.45) is 11.8 Å². The molecule has 0 aromatic carbocycles. The lowest BCUT2D eigenvalue weighted by Gasteiger charge is -2.33. The Kier molecular flexibility index (Phi) is 6.85. The maximum atomic E-state index is 13.0. The first kappa shape index (κ1) is 23.1. The largest absolute Gasteiger partial charge is 0.489 e. The molecule has 178 valence electrons. The molecule has 11 heteroatoms. The van der Waals surface area contributed by atoms with Crippen LogP contribution in [-0.4, -0.2) is 52.1 Å². The van der Waals surface area contributed by atoms with Crippen LogP contribution >= 0.6 is 0 Å². The van der Waals surface area contributed by atoms with Crippen molar-refractivity contribution in [3.8, 4) is 5.75 Å². The van der Waals surface area contributed by atoms with Crippen LogP contribution < -0.4 is 10.1 Å². The maximum absolute atomic E-state index is 13.0. The molecule has 4 rings (SSSR count). The third-order valence-corrected chi connectivity index (χ3v) is 6.27. The molecule has 33 heavy (non-hydrogen) atoms. The summed E-state index contributed by atoms with van der Waals surface area (Å²) in [6, 6.07) is 3.07. The van der Waals surface area contributed by atoms with Gasteiger partial charge in [-0.15, -0.1) is 0 Å². The number of oxazole rings is 1. The average molecular weight is 466 g/mol. The Morgan fingerprint density at radius 3 is 2.64 bits per heavy atom. The van der Waals surface area contributed by atoms with Crippen LogP contribution in [0.3, 0.4) is 0 Å². The van der Waals surface area contributed by atoms with Crippen molar-refractivity contribution in [3.63, 3.8) is 0 Å². The lowest BCUT2D eigenvalue weighted by atomic mass is 9.81. The van der Waals surface area contributed by atoms with E-state index in [0.29, 0.717) is 6.54 Å². The molecule has 1 N–H and O–H groups in total. The van der Waals surface area contributed by atoms with E-state index in [9.17, 15) is 22.8 Å². The Balaban J connectivity index is 1.35. The number of anilines is 1. The van der Waals surface area contributed by atoms with E-state index in [4.69, 9.17) is 9.15 Å². The molecule has 2 aromatic heterocycles. The summed E-state index contributed by atoms with van der Waals surface area (Å²) < 4.78 is 49.7. The maximum Gasteiger partial charge on any atom is 0.391 e. The molecule has 2 amide bonds. The smallest absolute Gasteiger partial charge is 0.391 e. The van der Waals surface area contributed by atoms with Crippen molar-refractivity contribution in [2.75, 3.05) is 18.5 Å². The number of aromatic nitrogens is 2. The summed E-state index contributed by atoms with van der Waals surface area (Å²) in [4.78, 5) is 35.2. The number of hydrogen-bond donors (Lipinski definition) is 1. The van der Waals surface area contributed by atoms with Gasteiger partial charge in [0.15, 0.2) is 11.4 Å². The van der Waals surface area contributed by atoms with Crippen LogP contribution in [0.5, 0.6) is 5.75 Å². The Labute approximate surface area is 188 Å².